The molecule has 0 spiro atoms. The fourth-order valence-corrected chi connectivity index (χ4v) is 3.21. The lowest BCUT2D eigenvalue weighted by Gasteiger charge is -2.12. The van der Waals surface area contributed by atoms with Gasteiger partial charge in [0.25, 0.3) is 0 Å². The van der Waals surface area contributed by atoms with Gasteiger partial charge in [-0.15, -0.1) is 0 Å². The van der Waals surface area contributed by atoms with Crippen LogP contribution in [0.15, 0.2) is 59.4 Å². The Morgan fingerprint density at radius 2 is 2.11 bits per heavy atom. The Labute approximate surface area is 160 Å². The fourth-order valence-electron chi connectivity index (χ4n) is 3.21. The van der Waals surface area contributed by atoms with Crippen molar-refractivity contribution in [2.45, 2.75) is 13.5 Å². The molecule has 2 heterocycles. The van der Waals surface area contributed by atoms with Gasteiger partial charge < -0.3 is 15.2 Å². The van der Waals surface area contributed by atoms with E-state index in [4.69, 9.17) is 15.2 Å². The first-order valence-electron chi connectivity index (χ1n) is 8.75. The molecule has 144 valence electrons. The Morgan fingerprint density at radius 3 is 2.89 bits per heavy atom. The second kappa shape index (κ2) is 7.32. The molecule has 1 aliphatic heterocycles. The number of aromatic nitrogens is 3. The molecule has 8 heteroatoms. The predicted molar refractivity (Wildman–Crippen MR) is 102 cm³/mol. The van der Waals surface area contributed by atoms with E-state index in [-0.39, 0.29) is 31.1 Å². The summed E-state index contributed by atoms with van der Waals surface area (Å²) in [7, 11) is 0. The van der Waals surface area contributed by atoms with Gasteiger partial charge in [-0.1, -0.05) is 18.2 Å². The third-order valence-corrected chi connectivity index (χ3v) is 4.75. The average molecular weight is 382 g/mol. The van der Waals surface area contributed by atoms with Gasteiger partial charge in [0.05, 0.1) is 18.6 Å². The van der Waals surface area contributed by atoms with E-state index in [1.807, 2.05) is 43.3 Å². The van der Waals surface area contributed by atoms with E-state index >= 15 is 0 Å². The average Bonchev–Trinajstić information content (AvgIpc) is 3.32. The molecule has 2 aromatic carbocycles. The molecule has 7 nitrogen and oxygen atoms in total. The first-order valence-corrected chi connectivity index (χ1v) is 8.75. The first-order chi connectivity index (χ1) is 13.6. The third kappa shape index (κ3) is 3.07. The SMILES string of the molecule is Cc1c(-c2ccc3c(c2)OCO3)cccc1-n1cnn(C/C(=C/F)CN)c1=O. The summed E-state index contributed by atoms with van der Waals surface area (Å²) >= 11 is 0. The normalized spacial score (nSPS) is 13.2. The largest absolute Gasteiger partial charge is 0.454 e. The third-order valence-electron chi connectivity index (χ3n) is 4.75. The Hall–Kier alpha value is -3.39. The van der Waals surface area contributed by atoms with Crippen molar-refractivity contribution in [2.24, 2.45) is 5.73 Å². The summed E-state index contributed by atoms with van der Waals surface area (Å²) in [6.45, 7) is 2.18. The molecule has 0 saturated heterocycles. The molecule has 0 unspecified atom stereocenters. The maximum atomic E-state index is 12.8. The number of halogens is 1. The molecule has 0 bridgehead atoms. The molecule has 1 aliphatic rings. The molecular formula is C20H19FN4O3. The highest BCUT2D eigenvalue weighted by molar-refractivity contribution is 5.73. The topological polar surface area (TPSA) is 84.3 Å². The number of nitrogens with two attached hydrogens (primary N) is 1. The van der Waals surface area contributed by atoms with Crippen LogP contribution in [0.5, 0.6) is 11.5 Å². The summed E-state index contributed by atoms with van der Waals surface area (Å²) in [4.78, 5) is 12.7. The van der Waals surface area contributed by atoms with Crippen molar-refractivity contribution in [3.05, 3.63) is 70.7 Å². The van der Waals surface area contributed by atoms with Crippen molar-refractivity contribution in [3.63, 3.8) is 0 Å². The number of rotatable bonds is 5. The summed E-state index contributed by atoms with van der Waals surface area (Å²) in [5.74, 6) is 1.41. The van der Waals surface area contributed by atoms with E-state index in [1.165, 1.54) is 15.6 Å². The van der Waals surface area contributed by atoms with E-state index in [2.05, 4.69) is 5.10 Å². The van der Waals surface area contributed by atoms with E-state index in [9.17, 15) is 9.18 Å². The van der Waals surface area contributed by atoms with Crippen LogP contribution in [-0.2, 0) is 6.54 Å². The summed E-state index contributed by atoms with van der Waals surface area (Å²) < 4.78 is 26.2. The molecule has 0 saturated carbocycles. The van der Waals surface area contributed by atoms with Gasteiger partial charge >= 0.3 is 5.69 Å². The fraction of sp³-hybridized carbons (Fsp3) is 0.200. The maximum Gasteiger partial charge on any atom is 0.350 e. The molecule has 2 N–H and O–H groups in total. The Balaban J connectivity index is 1.74. The van der Waals surface area contributed by atoms with Crippen LogP contribution in [0.4, 0.5) is 4.39 Å². The minimum Gasteiger partial charge on any atom is -0.454 e. The summed E-state index contributed by atoms with van der Waals surface area (Å²) in [6.07, 6.45) is 1.84. The molecule has 0 amide bonds. The van der Waals surface area contributed by atoms with Crippen LogP contribution in [0.2, 0.25) is 0 Å². The van der Waals surface area contributed by atoms with E-state index < -0.39 is 0 Å². The smallest absolute Gasteiger partial charge is 0.350 e. The zero-order chi connectivity index (χ0) is 19.7. The Kier molecular flexibility index (Phi) is 4.70. The number of ether oxygens (including phenoxy) is 2. The van der Waals surface area contributed by atoms with Gasteiger partial charge in [0, 0.05) is 6.54 Å². The first kappa shape index (κ1) is 18.0. The summed E-state index contributed by atoms with van der Waals surface area (Å²) in [6, 6.07) is 11.4. The van der Waals surface area contributed by atoms with Crippen LogP contribution < -0.4 is 20.9 Å². The molecule has 0 atom stereocenters. The van der Waals surface area contributed by atoms with Crippen LogP contribution in [0.1, 0.15) is 5.56 Å². The highest BCUT2D eigenvalue weighted by Crippen LogP contribution is 2.37. The zero-order valence-electron chi connectivity index (χ0n) is 15.3. The van der Waals surface area contributed by atoms with Crippen molar-refractivity contribution >= 4 is 0 Å². The monoisotopic (exact) mass is 382 g/mol. The zero-order valence-corrected chi connectivity index (χ0v) is 15.3. The number of benzene rings is 2. The molecule has 0 aliphatic carbocycles. The lowest BCUT2D eigenvalue weighted by molar-refractivity contribution is 0.174. The predicted octanol–water partition coefficient (Wildman–Crippen LogP) is 2.55. The lowest BCUT2D eigenvalue weighted by Crippen LogP contribution is -2.26. The summed E-state index contributed by atoms with van der Waals surface area (Å²) in [5.41, 5.74) is 8.91. The van der Waals surface area contributed by atoms with Gasteiger partial charge in [0.1, 0.15) is 6.33 Å². The molecule has 28 heavy (non-hydrogen) atoms. The van der Waals surface area contributed by atoms with Gasteiger partial charge in [-0.3, -0.25) is 0 Å². The highest BCUT2D eigenvalue weighted by Gasteiger charge is 2.17. The summed E-state index contributed by atoms with van der Waals surface area (Å²) in [5, 5.41) is 4.09. The van der Waals surface area contributed by atoms with Crippen molar-refractivity contribution in [2.75, 3.05) is 13.3 Å². The molecule has 0 radical (unpaired) electrons. The number of nitrogens with zero attached hydrogens (tertiary/aromatic N) is 3. The van der Waals surface area contributed by atoms with Crippen LogP contribution in [0.3, 0.4) is 0 Å². The standard InChI is InChI=1S/C20H19FN4O3/c1-13-16(15-5-6-18-19(7-15)28-12-27-18)3-2-4-17(13)24-11-23-25(20(24)26)10-14(8-21)9-22/h2-8,11H,9-10,12,22H2,1H3/b14-8+. The van der Waals surface area contributed by atoms with E-state index in [0.29, 0.717) is 23.5 Å². The van der Waals surface area contributed by atoms with Crippen molar-refractivity contribution in [1.29, 1.82) is 0 Å². The van der Waals surface area contributed by atoms with Gasteiger partial charge in [-0.25, -0.2) is 18.4 Å². The van der Waals surface area contributed by atoms with Gasteiger partial charge in [0.15, 0.2) is 11.5 Å². The number of hydrogen-bond acceptors (Lipinski definition) is 5. The van der Waals surface area contributed by atoms with Crippen molar-refractivity contribution < 1.29 is 13.9 Å². The number of fused-ring (bicyclic) bond motifs is 1. The van der Waals surface area contributed by atoms with Crippen molar-refractivity contribution in [1.82, 2.24) is 14.3 Å². The van der Waals surface area contributed by atoms with E-state index in [1.54, 1.807) is 0 Å². The second-order valence-corrected chi connectivity index (χ2v) is 6.43. The Bertz CT molecular complexity index is 1120. The molecule has 1 aromatic heterocycles. The molecule has 4 rings (SSSR count). The van der Waals surface area contributed by atoms with Crippen LogP contribution in [-0.4, -0.2) is 27.7 Å². The molecular weight excluding hydrogens is 363 g/mol. The minimum atomic E-state index is -0.362. The lowest BCUT2D eigenvalue weighted by atomic mass is 9.98. The van der Waals surface area contributed by atoms with Crippen molar-refractivity contribution in [3.8, 4) is 28.3 Å². The van der Waals surface area contributed by atoms with Gasteiger partial charge in [-0.05, 0) is 47.4 Å². The second-order valence-electron chi connectivity index (χ2n) is 6.43. The Morgan fingerprint density at radius 1 is 1.29 bits per heavy atom. The van der Waals surface area contributed by atoms with Crippen LogP contribution >= 0.6 is 0 Å². The van der Waals surface area contributed by atoms with Crippen LogP contribution in [0.25, 0.3) is 16.8 Å². The molecule has 3 aromatic rings. The van der Waals surface area contributed by atoms with Crippen LogP contribution in [0, 0.1) is 6.92 Å². The maximum absolute atomic E-state index is 12.8. The highest BCUT2D eigenvalue weighted by atomic mass is 19.1. The van der Waals surface area contributed by atoms with Gasteiger partial charge in [0.2, 0.25) is 6.79 Å². The number of hydrogen-bond donors (Lipinski definition) is 1. The van der Waals surface area contributed by atoms with Gasteiger partial charge in [-0.2, -0.15) is 5.10 Å². The minimum absolute atomic E-state index is 0.0136. The quantitative estimate of drug-likeness (QED) is 0.733. The molecule has 0 fully saturated rings. The van der Waals surface area contributed by atoms with E-state index in [0.717, 1.165) is 16.7 Å².